The first-order chi connectivity index (χ1) is 15.0. The summed E-state index contributed by atoms with van der Waals surface area (Å²) < 4.78 is 65.1. The molecule has 3 aromatic carbocycles. The largest absolute Gasteiger partial charge is 0.508 e. The number of anilines is 1. The van der Waals surface area contributed by atoms with E-state index in [1.165, 1.54) is 81.8 Å². The zero-order chi connectivity index (χ0) is 23.7. The van der Waals surface area contributed by atoms with E-state index in [4.69, 9.17) is 9.47 Å². The molecule has 0 saturated carbocycles. The maximum Gasteiger partial charge on any atom is 0.277 e. The fraction of sp³-hybridized carbons (Fsp3) is 0.182. The van der Waals surface area contributed by atoms with E-state index in [1.54, 1.807) is 6.92 Å². The summed E-state index contributed by atoms with van der Waals surface area (Å²) in [6.45, 7) is 3.07. The molecule has 10 heteroatoms. The molecule has 0 aliphatic heterocycles. The molecule has 0 fully saturated rings. The molecule has 0 heterocycles. The Morgan fingerprint density at radius 3 is 1.47 bits per heavy atom. The molecule has 8 nitrogen and oxygen atoms in total. The van der Waals surface area contributed by atoms with Crippen molar-refractivity contribution < 1.29 is 31.4 Å². The third-order valence-corrected chi connectivity index (χ3v) is 9.04. The molecular weight excluding hydrogens is 454 g/mol. The number of phenolic OH excluding ortho intramolecular Hbond substituents is 1. The minimum absolute atomic E-state index is 0.0742. The van der Waals surface area contributed by atoms with Crippen molar-refractivity contribution in [1.29, 1.82) is 0 Å². The number of hydrogen-bond donors (Lipinski definition) is 1. The fourth-order valence-electron chi connectivity index (χ4n) is 3.06. The monoisotopic (exact) mass is 477 g/mol. The molecule has 0 saturated heterocycles. The summed E-state index contributed by atoms with van der Waals surface area (Å²) in [5.41, 5.74) is 0.500. The highest BCUT2D eigenvalue weighted by Gasteiger charge is 2.38. The number of ether oxygens (including phenoxy) is 2. The van der Waals surface area contributed by atoms with Gasteiger partial charge < -0.3 is 14.6 Å². The van der Waals surface area contributed by atoms with E-state index in [0.29, 0.717) is 20.8 Å². The highest BCUT2D eigenvalue weighted by Crippen LogP contribution is 2.36. The lowest BCUT2D eigenvalue weighted by Gasteiger charge is -2.26. The zero-order valence-corrected chi connectivity index (χ0v) is 19.6. The number of rotatable bonds is 7. The van der Waals surface area contributed by atoms with E-state index in [0.717, 1.165) is 0 Å². The summed E-state index contributed by atoms with van der Waals surface area (Å²) in [5.74, 6) is 0.769. The highest BCUT2D eigenvalue weighted by molar-refractivity contribution is 8.10. The van der Waals surface area contributed by atoms with Gasteiger partial charge in [-0.1, -0.05) is 0 Å². The van der Waals surface area contributed by atoms with Gasteiger partial charge >= 0.3 is 0 Å². The summed E-state index contributed by atoms with van der Waals surface area (Å²) in [6.07, 6.45) is 0. The van der Waals surface area contributed by atoms with E-state index >= 15 is 0 Å². The molecule has 0 spiro atoms. The van der Waals surface area contributed by atoms with E-state index in [9.17, 15) is 21.9 Å². The van der Waals surface area contributed by atoms with Crippen LogP contribution in [-0.2, 0) is 20.0 Å². The van der Waals surface area contributed by atoms with Gasteiger partial charge in [-0.3, -0.25) is 0 Å². The first-order valence-electron chi connectivity index (χ1n) is 9.41. The van der Waals surface area contributed by atoms with E-state index in [2.05, 4.69) is 0 Å². The topological polar surface area (TPSA) is 110 Å². The Balaban J connectivity index is 2.29. The molecule has 0 atom stereocenters. The van der Waals surface area contributed by atoms with Crippen molar-refractivity contribution in [3.05, 3.63) is 71.8 Å². The molecule has 3 rings (SSSR count). The van der Waals surface area contributed by atoms with Crippen LogP contribution < -0.4 is 13.2 Å². The molecule has 32 heavy (non-hydrogen) atoms. The zero-order valence-electron chi connectivity index (χ0n) is 17.9. The maximum atomic E-state index is 13.6. The molecule has 0 amide bonds. The quantitative estimate of drug-likeness (QED) is 0.553. The van der Waals surface area contributed by atoms with Crippen LogP contribution in [0.15, 0.2) is 70.5 Å². The van der Waals surface area contributed by atoms with Gasteiger partial charge in [0, 0.05) is 0 Å². The van der Waals surface area contributed by atoms with Gasteiger partial charge in [0.25, 0.3) is 20.0 Å². The minimum Gasteiger partial charge on any atom is -0.508 e. The van der Waals surface area contributed by atoms with Crippen molar-refractivity contribution in [2.75, 3.05) is 17.9 Å². The Morgan fingerprint density at radius 1 is 0.688 bits per heavy atom. The van der Waals surface area contributed by atoms with Gasteiger partial charge in [0.1, 0.15) is 17.2 Å². The van der Waals surface area contributed by atoms with Crippen LogP contribution >= 0.6 is 0 Å². The van der Waals surface area contributed by atoms with Gasteiger partial charge in [-0.15, -0.1) is 0 Å². The third kappa shape index (κ3) is 4.23. The number of phenols is 1. The standard InChI is InChI=1S/C22H23NO7S2/c1-15-14-22(24)16(2)13-21(15)23(31(25,26)19-9-5-17(29-3)6-10-19)32(27,28)20-11-7-18(30-4)8-12-20/h5-14,24H,1-4H3. The number of benzene rings is 3. The van der Waals surface area contributed by atoms with Crippen LogP contribution in [0.5, 0.6) is 17.2 Å². The molecule has 0 aliphatic carbocycles. The lowest BCUT2D eigenvalue weighted by molar-refractivity contribution is 0.414. The second-order valence-electron chi connectivity index (χ2n) is 6.98. The smallest absolute Gasteiger partial charge is 0.277 e. The third-order valence-electron chi connectivity index (χ3n) is 4.86. The van der Waals surface area contributed by atoms with E-state index in [1.807, 2.05) is 0 Å². The van der Waals surface area contributed by atoms with Crippen molar-refractivity contribution in [3.8, 4) is 17.2 Å². The molecule has 0 bridgehead atoms. The van der Waals surface area contributed by atoms with Crippen LogP contribution in [0.1, 0.15) is 11.1 Å². The van der Waals surface area contributed by atoms with E-state index < -0.39 is 20.0 Å². The number of nitrogens with zero attached hydrogens (tertiary/aromatic N) is 1. The minimum atomic E-state index is -4.58. The van der Waals surface area contributed by atoms with Gasteiger partial charge in [0.05, 0.1) is 29.7 Å². The number of aromatic hydroxyl groups is 1. The summed E-state index contributed by atoms with van der Waals surface area (Å²) in [7, 11) is -6.28. The van der Waals surface area contributed by atoms with Crippen LogP contribution in [0.3, 0.4) is 0 Å². The van der Waals surface area contributed by atoms with Gasteiger partial charge in [0.15, 0.2) is 0 Å². The summed E-state index contributed by atoms with van der Waals surface area (Å²) in [6, 6.07) is 13.5. The summed E-state index contributed by atoms with van der Waals surface area (Å²) >= 11 is 0. The maximum absolute atomic E-state index is 13.6. The Bertz CT molecular complexity index is 1250. The fourth-order valence-corrected chi connectivity index (χ4v) is 6.86. The first-order valence-corrected chi connectivity index (χ1v) is 12.3. The van der Waals surface area contributed by atoms with Crippen molar-refractivity contribution in [2.45, 2.75) is 23.6 Å². The van der Waals surface area contributed by atoms with Gasteiger partial charge in [-0.05, 0) is 85.6 Å². The van der Waals surface area contributed by atoms with Crippen LogP contribution in [0.2, 0.25) is 0 Å². The Labute approximate surface area is 187 Å². The molecule has 1 N–H and O–H groups in total. The average Bonchev–Trinajstić information content (AvgIpc) is 2.77. The Hall–Kier alpha value is -3.24. The van der Waals surface area contributed by atoms with Crippen molar-refractivity contribution >= 4 is 25.7 Å². The second kappa shape index (κ2) is 8.71. The Kier molecular flexibility index (Phi) is 6.38. The predicted octanol–water partition coefficient (Wildman–Crippen LogP) is 3.61. The second-order valence-corrected chi connectivity index (χ2v) is 10.8. The van der Waals surface area contributed by atoms with Crippen molar-refractivity contribution in [2.24, 2.45) is 0 Å². The van der Waals surface area contributed by atoms with Gasteiger partial charge in [-0.2, -0.15) is 3.71 Å². The van der Waals surface area contributed by atoms with Gasteiger partial charge in [0.2, 0.25) is 0 Å². The van der Waals surface area contributed by atoms with Crippen LogP contribution in [-0.4, -0.2) is 36.2 Å². The first kappa shape index (κ1) is 23.4. The number of hydrogen-bond acceptors (Lipinski definition) is 7. The van der Waals surface area contributed by atoms with E-state index in [-0.39, 0.29) is 26.8 Å². The van der Waals surface area contributed by atoms with Crippen LogP contribution in [0.25, 0.3) is 0 Å². The number of sulfonamides is 2. The normalized spacial score (nSPS) is 11.8. The summed E-state index contributed by atoms with van der Waals surface area (Å²) in [5, 5.41) is 10.0. The number of aryl methyl sites for hydroxylation is 2. The SMILES string of the molecule is COc1ccc(S(=O)(=O)N(c2cc(C)c(O)cc2C)S(=O)(=O)c2ccc(OC)cc2)cc1. The van der Waals surface area contributed by atoms with Gasteiger partial charge in [-0.25, -0.2) is 16.8 Å². The molecular formula is C22H23NO7S2. The molecule has 0 radical (unpaired) electrons. The summed E-state index contributed by atoms with van der Waals surface area (Å²) in [4.78, 5) is -0.471. The Morgan fingerprint density at radius 2 is 1.09 bits per heavy atom. The molecule has 170 valence electrons. The molecule has 0 aliphatic rings. The molecule has 0 aromatic heterocycles. The van der Waals surface area contributed by atoms with Crippen LogP contribution in [0, 0.1) is 13.8 Å². The van der Waals surface area contributed by atoms with Crippen LogP contribution in [0.4, 0.5) is 5.69 Å². The predicted molar refractivity (Wildman–Crippen MR) is 120 cm³/mol. The lowest BCUT2D eigenvalue weighted by Crippen LogP contribution is -2.37. The average molecular weight is 478 g/mol. The molecule has 3 aromatic rings. The lowest BCUT2D eigenvalue weighted by atomic mass is 10.1. The van der Waals surface area contributed by atoms with Crippen molar-refractivity contribution in [3.63, 3.8) is 0 Å². The highest BCUT2D eigenvalue weighted by atomic mass is 32.3. The number of methoxy groups -OCH3 is 2. The molecule has 0 unspecified atom stereocenters. The van der Waals surface area contributed by atoms with Crippen molar-refractivity contribution in [1.82, 2.24) is 0 Å².